The number of nitrogens with two attached hydrogens (primary N) is 1. The van der Waals surface area contributed by atoms with Gasteiger partial charge in [0.2, 0.25) is 5.95 Å². The molecule has 224 valence electrons. The zero-order chi connectivity index (χ0) is 31.2. The first-order valence-corrected chi connectivity index (χ1v) is 13.7. The summed E-state index contributed by atoms with van der Waals surface area (Å²) >= 11 is 0. The van der Waals surface area contributed by atoms with Gasteiger partial charge in [0.05, 0.1) is 22.7 Å². The van der Waals surface area contributed by atoms with Crippen LogP contribution in [0.2, 0.25) is 0 Å². The lowest BCUT2D eigenvalue weighted by Gasteiger charge is -2.19. The molecule has 0 unspecified atom stereocenters. The fourth-order valence-electron chi connectivity index (χ4n) is 5.39. The summed E-state index contributed by atoms with van der Waals surface area (Å²) in [5, 5.41) is 24.9. The molecular weight excluding hydrogens is 573 g/mol. The molecule has 3 aromatic carbocycles. The van der Waals surface area contributed by atoms with E-state index in [1.807, 2.05) is 11.8 Å². The highest BCUT2D eigenvalue weighted by atomic mass is 19.4. The quantitative estimate of drug-likeness (QED) is 0.199. The van der Waals surface area contributed by atoms with Crippen molar-refractivity contribution in [1.82, 2.24) is 15.0 Å². The van der Waals surface area contributed by atoms with Gasteiger partial charge in [-0.1, -0.05) is 12.1 Å². The fourth-order valence-corrected chi connectivity index (χ4v) is 5.39. The van der Waals surface area contributed by atoms with Crippen LogP contribution in [0.1, 0.15) is 27.9 Å². The molecule has 5 N–H and O–H groups in total. The van der Waals surface area contributed by atoms with E-state index in [4.69, 9.17) is 5.73 Å². The Labute approximate surface area is 249 Å². The van der Waals surface area contributed by atoms with E-state index in [0.717, 1.165) is 17.7 Å². The molecule has 3 heterocycles. The minimum atomic E-state index is -4.55. The van der Waals surface area contributed by atoms with Crippen LogP contribution in [-0.4, -0.2) is 50.3 Å². The summed E-state index contributed by atoms with van der Waals surface area (Å²) in [6, 6.07) is 14.5. The maximum atomic E-state index is 13.2. The van der Waals surface area contributed by atoms with E-state index in [0.29, 0.717) is 58.5 Å². The number of alkyl halides is 3. The second-order valence-electron chi connectivity index (χ2n) is 10.7. The van der Waals surface area contributed by atoms with Crippen molar-refractivity contribution in [3.8, 4) is 28.0 Å². The molecule has 44 heavy (non-hydrogen) atoms. The summed E-state index contributed by atoms with van der Waals surface area (Å²) < 4.78 is 39.6. The van der Waals surface area contributed by atoms with Gasteiger partial charge in [-0.05, 0) is 78.6 Å². The van der Waals surface area contributed by atoms with E-state index in [-0.39, 0.29) is 22.9 Å². The van der Waals surface area contributed by atoms with Gasteiger partial charge in [-0.25, -0.2) is 15.0 Å². The number of aromatic hydroxyl groups is 1. The molecule has 1 aliphatic heterocycles. The minimum Gasteiger partial charge on any atom is -0.507 e. The van der Waals surface area contributed by atoms with Crippen LogP contribution in [0.4, 0.5) is 30.6 Å². The van der Waals surface area contributed by atoms with Crippen LogP contribution in [0.5, 0.6) is 5.75 Å². The molecule has 1 aliphatic rings. The van der Waals surface area contributed by atoms with Crippen molar-refractivity contribution in [3.05, 3.63) is 89.7 Å². The molecular formula is C32H27F3N6O3. The lowest BCUT2D eigenvalue weighted by atomic mass is 9.91. The van der Waals surface area contributed by atoms with Gasteiger partial charge < -0.3 is 26.2 Å². The summed E-state index contributed by atoms with van der Waals surface area (Å²) in [6.45, 7) is 2.89. The highest BCUT2D eigenvalue weighted by molar-refractivity contribution is 6.06. The smallest absolute Gasteiger partial charge is 0.416 e. The molecule has 1 fully saturated rings. The SMILES string of the molecule is Cc1ccc(C(=O)Nc2cccc(C(F)(F)F)c2)cc1-c1cc2cnc(N)nc2c(-c2ccnc(N3CC[C@@H](O)C3)c2)c1O. The Morgan fingerprint density at radius 3 is 2.64 bits per heavy atom. The number of nitrogens with zero attached hydrogens (tertiary/aromatic N) is 4. The lowest BCUT2D eigenvalue weighted by molar-refractivity contribution is -0.137. The Morgan fingerprint density at radius 2 is 1.89 bits per heavy atom. The number of anilines is 3. The maximum Gasteiger partial charge on any atom is 0.416 e. The number of hydrogen-bond acceptors (Lipinski definition) is 8. The zero-order valence-electron chi connectivity index (χ0n) is 23.4. The van der Waals surface area contributed by atoms with Crippen molar-refractivity contribution in [2.24, 2.45) is 0 Å². The number of amides is 1. The number of phenols is 1. The van der Waals surface area contributed by atoms with E-state index < -0.39 is 23.8 Å². The third-order valence-corrected chi connectivity index (χ3v) is 7.62. The molecule has 0 saturated carbocycles. The summed E-state index contributed by atoms with van der Waals surface area (Å²) in [6.07, 6.45) is -1.23. The van der Waals surface area contributed by atoms with Crippen LogP contribution < -0.4 is 16.0 Å². The molecule has 0 aliphatic carbocycles. The number of aliphatic hydroxyl groups is 1. The van der Waals surface area contributed by atoms with E-state index >= 15 is 0 Å². The van der Waals surface area contributed by atoms with Crippen LogP contribution in [0.3, 0.4) is 0 Å². The number of carbonyl (C=O) groups excluding carboxylic acids is 1. The van der Waals surface area contributed by atoms with Crippen LogP contribution >= 0.6 is 0 Å². The highest BCUT2D eigenvalue weighted by Crippen LogP contribution is 2.44. The number of nitrogen functional groups attached to an aromatic ring is 1. The largest absolute Gasteiger partial charge is 0.507 e. The molecule has 0 radical (unpaired) electrons. The highest BCUT2D eigenvalue weighted by Gasteiger charge is 2.30. The number of carbonyl (C=O) groups is 1. The first-order valence-electron chi connectivity index (χ1n) is 13.7. The molecule has 1 saturated heterocycles. The monoisotopic (exact) mass is 600 g/mol. The zero-order valence-corrected chi connectivity index (χ0v) is 23.4. The number of aromatic nitrogens is 3. The van der Waals surface area contributed by atoms with Crippen molar-refractivity contribution in [1.29, 1.82) is 0 Å². The van der Waals surface area contributed by atoms with Gasteiger partial charge in [0.15, 0.2) is 0 Å². The molecule has 5 aromatic rings. The molecule has 0 spiro atoms. The van der Waals surface area contributed by atoms with Crippen LogP contribution in [-0.2, 0) is 6.18 Å². The van der Waals surface area contributed by atoms with E-state index in [9.17, 15) is 28.2 Å². The Bertz CT molecular complexity index is 1910. The van der Waals surface area contributed by atoms with Crippen LogP contribution in [0.25, 0.3) is 33.2 Å². The number of benzene rings is 3. The van der Waals surface area contributed by atoms with Gasteiger partial charge in [0, 0.05) is 47.7 Å². The third-order valence-electron chi connectivity index (χ3n) is 7.62. The molecule has 1 atom stereocenters. The number of fused-ring (bicyclic) bond motifs is 1. The van der Waals surface area contributed by atoms with Crippen LogP contribution in [0, 0.1) is 6.92 Å². The minimum absolute atomic E-state index is 0.00321. The van der Waals surface area contributed by atoms with Crippen molar-refractivity contribution < 1.29 is 28.2 Å². The number of β-amino-alcohol motifs (C(OH)–C–C–N with tert-alkyl or cyclic N) is 1. The maximum absolute atomic E-state index is 13.2. The Morgan fingerprint density at radius 1 is 1.07 bits per heavy atom. The first kappa shape index (κ1) is 28.9. The second kappa shape index (κ2) is 11.1. The van der Waals surface area contributed by atoms with Gasteiger partial charge in [0.25, 0.3) is 5.91 Å². The van der Waals surface area contributed by atoms with Gasteiger partial charge >= 0.3 is 6.18 Å². The summed E-state index contributed by atoms with van der Waals surface area (Å²) in [7, 11) is 0. The standard InChI is InChI=1S/C32H27F3N6O3/c1-17-5-6-19(30(44)39-22-4-2-3-21(14-22)32(33,34)35)11-24(17)25-12-20-15-38-31(36)40-28(20)27(29(25)43)18-7-9-37-26(13-18)41-10-8-23(42)16-41/h2-7,9,11-15,23,42-43H,8,10,16H2,1H3,(H,39,44)(H2,36,38,40)/t23-/m1/s1. The molecule has 9 nitrogen and oxygen atoms in total. The number of halogens is 3. The predicted molar refractivity (Wildman–Crippen MR) is 161 cm³/mol. The van der Waals surface area contributed by atoms with E-state index in [2.05, 4.69) is 20.3 Å². The Balaban J connectivity index is 1.44. The molecule has 0 bridgehead atoms. The second-order valence-corrected chi connectivity index (χ2v) is 10.7. The normalized spacial score (nSPS) is 15.1. The number of hydrogen-bond donors (Lipinski definition) is 4. The number of rotatable bonds is 5. The topological polar surface area (TPSA) is 137 Å². The number of aryl methyl sites for hydroxylation is 1. The Hall–Kier alpha value is -5.23. The van der Waals surface area contributed by atoms with Crippen molar-refractivity contribution in [3.63, 3.8) is 0 Å². The van der Waals surface area contributed by atoms with E-state index in [1.165, 1.54) is 12.1 Å². The molecule has 6 rings (SSSR count). The summed E-state index contributed by atoms with van der Waals surface area (Å²) in [4.78, 5) is 28.1. The van der Waals surface area contributed by atoms with Gasteiger partial charge in [-0.3, -0.25) is 4.79 Å². The van der Waals surface area contributed by atoms with Crippen molar-refractivity contribution in [2.45, 2.75) is 25.6 Å². The number of nitrogens with one attached hydrogen (secondary N) is 1. The van der Waals surface area contributed by atoms with E-state index in [1.54, 1.807) is 48.8 Å². The van der Waals surface area contributed by atoms with Crippen molar-refractivity contribution in [2.75, 3.05) is 29.0 Å². The number of phenolic OH excluding ortho intramolecular Hbond substituents is 1. The predicted octanol–water partition coefficient (Wildman–Crippen LogP) is 5.80. The molecule has 12 heteroatoms. The fraction of sp³-hybridized carbons (Fsp3) is 0.188. The van der Waals surface area contributed by atoms with Gasteiger partial charge in [-0.15, -0.1) is 0 Å². The number of aliphatic hydroxyl groups excluding tert-OH is 1. The average molecular weight is 601 g/mol. The van der Waals surface area contributed by atoms with Crippen molar-refractivity contribution >= 4 is 34.3 Å². The summed E-state index contributed by atoms with van der Waals surface area (Å²) in [5.74, 6) is -0.0859. The average Bonchev–Trinajstić information content (AvgIpc) is 3.43. The molecule has 2 aromatic heterocycles. The third kappa shape index (κ3) is 5.59. The van der Waals surface area contributed by atoms with Crippen LogP contribution in [0.15, 0.2) is 73.1 Å². The number of pyridine rings is 1. The Kier molecular flexibility index (Phi) is 7.30. The van der Waals surface area contributed by atoms with Gasteiger partial charge in [0.1, 0.15) is 11.6 Å². The molecule has 1 amide bonds. The lowest BCUT2D eigenvalue weighted by Crippen LogP contribution is -2.22. The first-order chi connectivity index (χ1) is 21.0. The summed E-state index contributed by atoms with van der Waals surface area (Å²) in [5.41, 5.74) is 8.28. The van der Waals surface area contributed by atoms with Gasteiger partial charge in [-0.2, -0.15) is 13.2 Å².